The maximum Gasteiger partial charge on any atom is 0.211 e. The van der Waals surface area contributed by atoms with Crippen LogP contribution in [0.3, 0.4) is 0 Å². The van der Waals surface area contributed by atoms with E-state index in [0.717, 1.165) is 10.6 Å². The van der Waals surface area contributed by atoms with Crippen molar-refractivity contribution < 1.29 is 0 Å². The van der Waals surface area contributed by atoms with Crippen LogP contribution in [0.2, 0.25) is 0 Å². The third kappa shape index (κ3) is 2.22. The summed E-state index contributed by atoms with van der Waals surface area (Å²) in [5.74, 6) is 0.785. The summed E-state index contributed by atoms with van der Waals surface area (Å²) >= 11 is 1.62. The number of nitrogens with zero attached hydrogens (tertiary/aromatic N) is 5. The van der Waals surface area contributed by atoms with Gasteiger partial charge in [0.15, 0.2) is 5.82 Å². The summed E-state index contributed by atoms with van der Waals surface area (Å²) in [6.45, 7) is 0. The first kappa shape index (κ1) is 11.9. The van der Waals surface area contributed by atoms with Crippen molar-refractivity contribution in [2.45, 2.75) is 0 Å². The average molecular weight is 271 g/mol. The molecule has 2 heterocycles. The molecule has 0 N–H and O–H groups in total. The zero-order chi connectivity index (χ0) is 13.2. The largest absolute Gasteiger partial charge is 0.333 e. The van der Waals surface area contributed by atoms with E-state index < -0.39 is 0 Å². The molecule has 0 aliphatic rings. The van der Waals surface area contributed by atoms with E-state index in [-0.39, 0.29) is 0 Å². The number of para-hydroxylation sites is 1. The fourth-order valence-electron chi connectivity index (χ4n) is 1.81. The summed E-state index contributed by atoms with van der Waals surface area (Å²) in [6.07, 6.45) is 5.27. The lowest BCUT2D eigenvalue weighted by molar-refractivity contribution is 0.882. The molecule has 0 unspecified atom stereocenters. The lowest BCUT2D eigenvalue weighted by Crippen LogP contribution is -2.09. The Labute approximate surface area is 114 Å². The Balaban J connectivity index is 2.00. The van der Waals surface area contributed by atoms with Gasteiger partial charge in [0.2, 0.25) is 4.80 Å². The fraction of sp³-hybridized carbons (Fsp3) is 0.154. The predicted molar refractivity (Wildman–Crippen MR) is 77.2 cm³/mol. The van der Waals surface area contributed by atoms with Crippen LogP contribution in [-0.2, 0) is 14.1 Å². The van der Waals surface area contributed by atoms with Gasteiger partial charge in [-0.1, -0.05) is 23.5 Å². The Morgan fingerprint density at radius 3 is 2.84 bits per heavy atom. The van der Waals surface area contributed by atoms with E-state index in [9.17, 15) is 0 Å². The van der Waals surface area contributed by atoms with E-state index in [1.165, 1.54) is 10.2 Å². The van der Waals surface area contributed by atoms with E-state index in [4.69, 9.17) is 0 Å². The number of hydrogen-bond donors (Lipinski definition) is 0. The number of aromatic nitrogens is 3. The van der Waals surface area contributed by atoms with Gasteiger partial charge in [0.05, 0.1) is 16.4 Å². The van der Waals surface area contributed by atoms with Crippen molar-refractivity contribution in [3.63, 3.8) is 0 Å². The van der Waals surface area contributed by atoms with Crippen LogP contribution in [0.4, 0.5) is 0 Å². The molecule has 0 spiro atoms. The van der Waals surface area contributed by atoms with Crippen LogP contribution in [0, 0.1) is 0 Å². The highest BCUT2D eigenvalue weighted by molar-refractivity contribution is 7.16. The van der Waals surface area contributed by atoms with Crippen LogP contribution >= 0.6 is 11.3 Å². The van der Waals surface area contributed by atoms with Gasteiger partial charge in [0.1, 0.15) is 0 Å². The molecule has 0 bridgehead atoms. The van der Waals surface area contributed by atoms with Gasteiger partial charge in [0, 0.05) is 26.5 Å². The standard InChI is InChI=1S/C13H13N5S/c1-17-8-7-14-12(17)9-15-16-13-18(2)10-5-3-4-6-11(10)19-13/h3-9H,1-2H3. The second kappa shape index (κ2) is 4.81. The van der Waals surface area contributed by atoms with E-state index in [1.807, 2.05) is 41.6 Å². The summed E-state index contributed by atoms with van der Waals surface area (Å²) in [4.78, 5) is 5.03. The lowest BCUT2D eigenvalue weighted by atomic mass is 10.3. The summed E-state index contributed by atoms with van der Waals surface area (Å²) < 4.78 is 5.13. The second-order valence-corrected chi connectivity index (χ2v) is 5.16. The molecule has 0 amide bonds. The van der Waals surface area contributed by atoms with E-state index in [0.29, 0.717) is 0 Å². The van der Waals surface area contributed by atoms with Crippen molar-refractivity contribution in [1.82, 2.24) is 14.1 Å². The topological polar surface area (TPSA) is 47.5 Å². The van der Waals surface area contributed by atoms with Crippen LogP contribution in [0.15, 0.2) is 46.9 Å². The molecule has 0 aliphatic heterocycles. The molecule has 0 aliphatic carbocycles. The van der Waals surface area contributed by atoms with Crippen molar-refractivity contribution in [2.75, 3.05) is 0 Å². The minimum atomic E-state index is 0.785. The Kier molecular flexibility index (Phi) is 3.00. The molecular formula is C13H13N5S. The quantitative estimate of drug-likeness (QED) is 0.519. The first-order valence-corrected chi connectivity index (χ1v) is 6.66. The Bertz CT molecular complexity index is 806. The molecule has 96 valence electrons. The molecule has 5 nitrogen and oxygen atoms in total. The third-order valence-electron chi connectivity index (χ3n) is 2.89. The summed E-state index contributed by atoms with van der Waals surface area (Å²) in [7, 11) is 3.92. The van der Waals surface area contributed by atoms with Crippen LogP contribution in [0.1, 0.15) is 5.82 Å². The van der Waals surface area contributed by atoms with Crippen molar-refractivity contribution in [3.05, 3.63) is 47.3 Å². The third-order valence-corrected chi connectivity index (χ3v) is 3.99. The molecular weight excluding hydrogens is 258 g/mol. The zero-order valence-electron chi connectivity index (χ0n) is 10.7. The first-order chi connectivity index (χ1) is 9.25. The molecule has 2 aromatic heterocycles. The number of thiazole rings is 1. The molecule has 0 saturated heterocycles. The SMILES string of the molecule is Cn1ccnc1C=NN=c1sc2ccccc2n1C. The molecule has 3 rings (SSSR count). The van der Waals surface area contributed by atoms with Crippen LogP contribution < -0.4 is 4.80 Å². The Morgan fingerprint density at radius 2 is 2.11 bits per heavy atom. The maximum atomic E-state index is 4.26. The highest BCUT2D eigenvalue weighted by Gasteiger charge is 2.00. The summed E-state index contributed by atoms with van der Waals surface area (Å²) in [5, 5.41) is 8.36. The summed E-state index contributed by atoms with van der Waals surface area (Å²) in [6, 6.07) is 8.21. The number of imidazole rings is 1. The van der Waals surface area contributed by atoms with E-state index >= 15 is 0 Å². The van der Waals surface area contributed by atoms with E-state index in [1.54, 1.807) is 23.7 Å². The van der Waals surface area contributed by atoms with Crippen molar-refractivity contribution in [3.8, 4) is 0 Å². The van der Waals surface area contributed by atoms with Gasteiger partial charge in [-0.2, -0.15) is 5.10 Å². The highest BCUT2D eigenvalue weighted by atomic mass is 32.1. The van der Waals surface area contributed by atoms with Crippen LogP contribution in [-0.4, -0.2) is 20.3 Å². The number of rotatable bonds is 2. The van der Waals surface area contributed by atoms with E-state index in [2.05, 4.69) is 27.3 Å². The van der Waals surface area contributed by atoms with Gasteiger partial charge in [-0.25, -0.2) is 4.98 Å². The van der Waals surface area contributed by atoms with Gasteiger partial charge in [-0.3, -0.25) is 0 Å². The van der Waals surface area contributed by atoms with Gasteiger partial charge in [-0.15, -0.1) is 5.10 Å². The number of fused-ring (bicyclic) bond motifs is 1. The van der Waals surface area contributed by atoms with Gasteiger partial charge >= 0.3 is 0 Å². The zero-order valence-corrected chi connectivity index (χ0v) is 11.5. The van der Waals surface area contributed by atoms with Crippen LogP contribution in [0.5, 0.6) is 0 Å². The monoisotopic (exact) mass is 271 g/mol. The molecule has 0 fully saturated rings. The number of aryl methyl sites for hydroxylation is 2. The molecule has 0 saturated carbocycles. The average Bonchev–Trinajstić information content (AvgIpc) is 2.96. The minimum absolute atomic E-state index is 0.785. The van der Waals surface area contributed by atoms with Crippen LogP contribution in [0.25, 0.3) is 10.2 Å². The van der Waals surface area contributed by atoms with Crippen molar-refractivity contribution in [2.24, 2.45) is 24.3 Å². The highest BCUT2D eigenvalue weighted by Crippen LogP contribution is 2.14. The molecule has 1 aromatic carbocycles. The summed E-state index contributed by atoms with van der Waals surface area (Å²) in [5.41, 5.74) is 1.17. The number of hydrogen-bond acceptors (Lipinski definition) is 4. The predicted octanol–water partition coefficient (Wildman–Crippen LogP) is 1.91. The Morgan fingerprint density at radius 1 is 1.26 bits per heavy atom. The second-order valence-electron chi connectivity index (χ2n) is 4.15. The molecule has 6 heteroatoms. The van der Waals surface area contributed by atoms with Crippen molar-refractivity contribution >= 4 is 27.8 Å². The number of benzene rings is 1. The smallest absolute Gasteiger partial charge is 0.211 e. The molecule has 3 aromatic rings. The van der Waals surface area contributed by atoms with Gasteiger partial charge < -0.3 is 9.13 Å². The normalized spacial score (nSPS) is 12.8. The van der Waals surface area contributed by atoms with Gasteiger partial charge in [-0.05, 0) is 12.1 Å². The molecule has 0 radical (unpaired) electrons. The molecule has 0 atom stereocenters. The minimum Gasteiger partial charge on any atom is -0.333 e. The maximum absolute atomic E-state index is 4.26. The Hall–Kier alpha value is -2.21. The molecule has 19 heavy (non-hydrogen) atoms. The van der Waals surface area contributed by atoms with Gasteiger partial charge in [0.25, 0.3) is 0 Å². The van der Waals surface area contributed by atoms with Crippen molar-refractivity contribution in [1.29, 1.82) is 0 Å². The fourth-order valence-corrected chi connectivity index (χ4v) is 2.79. The first-order valence-electron chi connectivity index (χ1n) is 5.84. The lowest BCUT2D eigenvalue weighted by Gasteiger charge is -1.92.